The fourth-order valence-corrected chi connectivity index (χ4v) is 4.16. The lowest BCUT2D eigenvalue weighted by molar-refractivity contribution is -0.120. The predicted molar refractivity (Wildman–Crippen MR) is 95.2 cm³/mol. The van der Waals surface area contributed by atoms with Crippen LogP contribution in [0.4, 0.5) is 10.1 Å². The van der Waals surface area contributed by atoms with Gasteiger partial charge in [0.05, 0.1) is 11.1 Å². The first-order valence-electron chi connectivity index (χ1n) is 7.69. The minimum atomic E-state index is -3.85. The molecule has 1 saturated heterocycles. The second kappa shape index (κ2) is 7.28. The van der Waals surface area contributed by atoms with Crippen LogP contribution in [0.2, 0.25) is 5.02 Å². The van der Waals surface area contributed by atoms with Crippen molar-refractivity contribution >= 4 is 33.4 Å². The number of nitrogens with one attached hydrogen (secondary N) is 2. The second-order valence-corrected chi connectivity index (χ2v) is 8.02. The fourth-order valence-electron chi connectivity index (χ4n) is 2.71. The van der Waals surface area contributed by atoms with E-state index < -0.39 is 34.0 Å². The molecule has 2 aromatic rings. The summed E-state index contributed by atoms with van der Waals surface area (Å²) in [4.78, 5) is 16.6. The van der Waals surface area contributed by atoms with E-state index in [1.54, 1.807) is 24.5 Å². The molecule has 138 valence electrons. The van der Waals surface area contributed by atoms with Crippen molar-refractivity contribution in [2.24, 2.45) is 0 Å². The molecule has 0 aliphatic carbocycles. The number of hydrogen-bond donors (Lipinski definition) is 2. The minimum Gasteiger partial charge on any atom is -0.325 e. The van der Waals surface area contributed by atoms with Crippen LogP contribution in [-0.4, -0.2) is 36.7 Å². The molecule has 0 saturated carbocycles. The van der Waals surface area contributed by atoms with E-state index in [9.17, 15) is 17.6 Å². The van der Waals surface area contributed by atoms with Gasteiger partial charge in [0.2, 0.25) is 5.91 Å². The van der Waals surface area contributed by atoms with Crippen molar-refractivity contribution in [1.29, 1.82) is 0 Å². The number of carbonyl (C=O) groups is 1. The molecule has 0 radical (unpaired) electrons. The van der Waals surface area contributed by atoms with Crippen LogP contribution in [-0.2, 0) is 15.0 Å². The third-order valence-electron chi connectivity index (χ3n) is 4.14. The van der Waals surface area contributed by atoms with Crippen molar-refractivity contribution in [1.82, 2.24) is 14.0 Å². The molecule has 3 rings (SSSR count). The Balaban J connectivity index is 1.84. The summed E-state index contributed by atoms with van der Waals surface area (Å²) in [5.41, 5.74) is 0.940. The minimum absolute atomic E-state index is 0.137. The first kappa shape index (κ1) is 18.7. The van der Waals surface area contributed by atoms with E-state index in [0.717, 1.165) is 10.4 Å². The molecule has 1 aromatic heterocycles. The number of pyridine rings is 1. The SMILES string of the molecule is CN1[C@@H](C(=O)Nc2ccc(F)c(Cl)c2)C[C@@H](c2cccnc2)NS1(=O)=O. The van der Waals surface area contributed by atoms with E-state index in [4.69, 9.17) is 11.6 Å². The van der Waals surface area contributed by atoms with E-state index in [1.807, 2.05) is 0 Å². The Morgan fingerprint density at radius 3 is 2.85 bits per heavy atom. The van der Waals surface area contributed by atoms with Crippen molar-refractivity contribution in [3.8, 4) is 0 Å². The fraction of sp³-hybridized carbons (Fsp3) is 0.250. The van der Waals surface area contributed by atoms with Crippen molar-refractivity contribution in [2.45, 2.75) is 18.5 Å². The number of hydrogen-bond acceptors (Lipinski definition) is 4. The zero-order valence-electron chi connectivity index (χ0n) is 13.7. The number of halogens is 2. The third kappa shape index (κ3) is 3.85. The van der Waals surface area contributed by atoms with Gasteiger partial charge in [-0.3, -0.25) is 9.78 Å². The lowest BCUT2D eigenvalue weighted by Gasteiger charge is -2.36. The Morgan fingerprint density at radius 1 is 1.42 bits per heavy atom. The van der Waals surface area contributed by atoms with Gasteiger partial charge >= 0.3 is 0 Å². The van der Waals surface area contributed by atoms with Crippen molar-refractivity contribution in [3.05, 3.63) is 59.1 Å². The number of anilines is 1. The van der Waals surface area contributed by atoms with E-state index in [0.29, 0.717) is 5.56 Å². The number of benzene rings is 1. The molecule has 2 heterocycles. The van der Waals surface area contributed by atoms with Crippen LogP contribution in [0, 0.1) is 5.82 Å². The number of likely N-dealkylation sites (N-methyl/N-ethyl adjacent to an activating group) is 1. The standard InChI is InChI=1S/C16H16ClFN4O3S/c1-22-15(16(23)20-11-4-5-13(18)12(17)7-11)8-14(21-26(22,24)25)10-3-2-6-19-9-10/h2-7,9,14-15,21H,8H2,1H3,(H,20,23)/t14-,15+/m0/s1. The summed E-state index contributed by atoms with van der Waals surface area (Å²) in [5.74, 6) is -1.14. The Kier molecular flexibility index (Phi) is 5.24. The van der Waals surface area contributed by atoms with Crippen LogP contribution in [0.25, 0.3) is 0 Å². The van der Waals surface area contributed by atoms with E-state index in [-0.39, 0.29) is 17.1 Å². The molecule has 1 aromatic carbocycles. The average Bonchev–Trinajstić information content (AvgIpc) is 2.61. The molecule has 1 aliphatic rings. The maximum atomic E-state index is 13.2. The van der Waals surface area contributed by atoms with Gasteiger partial charge in [-0.25, -0.2) is 4.39 Å². The van der Waals surface area contributed by atoms with Gasteiger partial charge in [0.15, 0.2) is 0 Å². The monoisotopic (exact) mass is 398 g/mol. The van der Waals surface area contributed by atoms with E-state index >= 15 is 0 Å². The van der Waals surface area contributed by atoms with E-state index in [1.165, 1.54) is 19.2 Å². The zero-order valence-corrected chi connectivity index (χ0v) is 15.3. The number of aromatic nitrogens is 1. The highest BCUT2D eigenvalue weighted by Crippen LogP contribution is 2.28. The molecular weight excluding hydrogens is 383 g/mol. The number of amides is 1. The molecule has 0 unspecified atom stereocenters. The maximum absolute atomic E-state index is 13.2. The Morgan fingerprint density at radius 2 is 2.19 bits per heavy atom. The molecule has 26 heavy (non-hydrogen) atoms. The van der Waals surface area contributed by atoms with Gasteiger partial charge < -0.3 is 5.32 Å². The van der Waals surface area contributed by atoms with Gasteiger partial charge in [-0.05, 0) is 36.2 Å². The summed E-state index contributed by atoms with van der Waals surface area (Å²) < 4.78 is 41.5. The van der Waals surface area contributed by atoms with Gasteiger partial charge in [-0.15, -0.1) is 0 Å². The predicted octanol–water partition coefficient (Wildman–Crippen LogP) is 2.09. The van der Waals surface area contributed by atoms with Crippen molar-refractivity contribution in [3.63, 3.8) is 0 Å². The molecule has 0 spiro atoms. The summed E-state index contributed by atoms with van der Waals surface area (Å²) >= 11 is 5.71. The molecule has 1 fully saturated rings. The number of carbonyl (C=O) groups excluding carboxylic acids is 1. The molecule has 0 bridgehead atoms. The highest BCUT2D eigenvalue weighted by molar-refractivity contribution is 7.87. The topological polar surface area (TPSA) is 91.4 Å². The quantitative estimate of drug-likeness (QED) is 0.828. The van der Waals surface area contributed by atoms with Gasteiger partial charge in [-0.1, -0.05) is 17.7 Å². The van der Waals surface area contributed by atoms with Crippen LogP contribution in [0.5, 0.6) is 0 Å². The Bertz CT molecular complexity index is 926. The van der Waals surface area contributed by atoms with E-state index in [2.05, 4.69) is 15.0 Å². The van der Waals surface area contributed by atoms with Crippen LogP contribution < -0.4 is 10.0 Å². The summed E-state index contributed by atoms with van der Waals surface area (Å²) in [6.07, 6.45) is 3.34. The average molecular weight is 399 g/mol. The molecular formula is C16H16ClFN4O3S. The third-order valence-corrected chi connectivity index (χ3v) is 6.03. The van der Waals surface area contributed by atoms with Gasteiger partial charge in [0.1, 0.15) is 11.9 Å². The van der Waals surface area contributed by atoms with Gasteiger partial charge in [0.25, 0.3) is 10.2 Å². The number of nitrogens with zero attached hydrogens (tertiary/aromatic N) is 2. The zero-order chi connectivity index (χ0) is 18.9. The summed E-state index contributed by atoms with van der Waals surface area (Å²) in [6.45, 7) is 0. The molecule has 10 heteroatoms. The van der Waals surface area contributed by atoms with Crippen molar-refractivity contribution in [2.75, 3.05) is 12.4 Å². The van der Waals surface area contributed by atoms with Crippen LogP contribution >= 0.6 is 11.6 Å². The first-order valence-corrected chi connectivity index (χ1v) is 9.51. The molecule has 2 N–H and O–H groups in total. The highest BCUT2D eigenvalue weighted by Gasteiger charge is 2.40. The van der Waals surface area contributed by atoms with Crippen molar-refractivity contribution < 1.29 is 17.6 Å². The Hall–Kier alpha value is -2.07. The van der Waals surface area contributed by atoms with Crippen LogP contribution in [0.1, 0.15) is 18.0 Å². The first-order chi connectivity index (χ1) is 12.3. The molecule has 1 amide bonds. The van der Waals surface area contributed by atoms with Crippen LogP contribution in [0.15, 0.2) is 42.7 Å². The largest absolute Gasteiger partial charge is 0.325 e. The maximum Gasteiger partial charge on any atom is 0.280 e. The normalized spacial score (nSPS) is 22.7. The highest BCUT2D eigenvalue weighted by atomic mass is 35.5. The lowest BCUT2D eigenvalue weighted by Crippen LogP contribution is -2.55. The van der Waals surface area contributed by atoms with Gasteiger partial charge in [-0.2, -0.15) is 17.4 Å². The summed E-state index contributed by atoms with van der Waals surface area (Å²) in [6, 6.07) is 5.64. The second-order valence-electron chi connectivity index (χ2n) is 5.85. The number of rotatable bonds is 3. The van der Waals surface area contributed by atoms with Crippen LogP contribution in [0.3, 0.4) is 0 Å². The molecule has 2 atom stereocenters. The molecule has 1 aliphatic heterocycles. The summed E-state index contributed by atoms with van der Waals surface area (Å²) in [7, 11) is -2.53. The smallest absolute Gasteiger partial charge is 0.280 e. The molecule has 7 nitrogen and oxygen atoms in total. The Labute approximate surface area is 155 Å². The van der Waals surface area contributed by atoms with Gasteiger partial charge in [0, 0.05) is 25.1 Å². The summed E-state index contributed by atoms with van der Waals surface area (Å²) in [5, 5.41) is 2.44. The lowest BCUT2D eigenvalue weighted by atomic mass is 10.0.